The number of hydrogen-bond acceptors (Lipinski definition) is 5. The lowest BCUT2D eigenvalue weighted by molar-refractivity contribution is -0.137. The van der Waals surface area contributed by atoms with Crippen LogP contribution in [0.4, 0.5) is 19.0 Å². The lowest BCUT2D eigenvalue weighted by Gasteiger charge is -2.36. The summed E-state index contributed by atoms with van der Waals surface area (Å²) in [6.45, 7) is 3.49. The van der Waals surface area contributed by atoms with E-state index in [-0.39, 0.29) is 41.5 Å². The molecule has 0 bridgehead atoms. The molecule has 180 valence electrons. The number of nitrogens with zero attached hydrogens (tertiary/aromatic N) is 4. The van der Waals surface area contributed by atoms with E-state index >= 15 is 0 Å². The van der Waals surface area contributed by atoms with Crippen molar-refractivity contribution in [1.82, 2.24) is 14.8 Å². The zero-order valence-electron chi connectivity index (χ0n) is 18.4. The SMILES string of the molecule is Cc1ccc2c(c1)C(=O)N(CCCC(=O)N1CCN(c3ncc(C(F)(F)F)cc3Cl)CC1)C2=O. The van der Waals surface area contributed by atoms with E-state index in [9.17, 15) is 27.6 Å². The monoisotopic (exact) mass is 494 g/mol. The molecule has 0 saturated carbocycles. The van der Waals surface area contributed by atoms with Crippen molar-refractivity contribution in [3.63, 3.8) is 0 Å². The van der Waals surface area contributed by atoms with Crippen LogP contribution >= 0.6 is 11.6 Å². The number of benzene rings is 1. The van der Waals surface area contributed by atoms with Crippen molar-refractivity contribution in [2.24, 2.45) is 0 Å². The zero-order chi connectivity index (χ0) is 24.6. The minimum absolute atomic E-state index is 0.0919. The van der Waals surface area contributed by atoms with Gasteiger partial charge in [0.25, 0.3) is 11.8 Å². The molecule has 0 atom stereocenters. The number of carbonyl (C=O) groups is 3. The fraction of sp³-hybridized carbons (Fsp3) is 0.391. The number of aryl methyl sites for hydroxylation is 1. The summed E-state index contributed by atoms with van der Waals surface area (Å²) >= 11 is 6.02. The van der Waals surface area contributed by atoms with Crippen molar-refractivity contribution in [3.05, 3.63) is 57.7 Å². The molecule has 0 N–H and O–H groups in total. The Hall–Kier alpha value is -3.14. The molecule has 0 radical (unpaired) electrons. The molecule has 3 amide bonds. The van der Waals surface area contributed by atoms with E-state index < -0.39 is 11.7 Å². The summed E-state index contributed by atoms with van der Waals surface area (Å²) in [5.74, 6) is -0.547. The van der Waals surface area contributed by atoms with E-state index in [2.05, 4.69) is 4.98 Å². The number of alkyl halides is 3. The second kappa shape index (κ2) is 9.25. The molecule has 2 aliphatic heterocycles. The Morgan fingerprint density at radius 1 is 1.06 bits per heavy atom. The van der Waals surface area contributed by atoms with Gasteiger partial charge >= 0.3 is 6.18 Å². The van der Waals surface area contributed by atoms with Gasteiger partial charge < -0.3 is 9.80 Å². The normalized spacial score (nSPS) is 16.3. The third-order valence-corrected chi connectivity index (χ3v) is 6.26. The highest BCUT2D eigenvalue weighted by atomic mass is 35.5. The van der Waals surface area contributed by atoms with E-state index in [4.69, 9.17) is 11.6 Å². The number of rotatable bonds is 5. The Bertz CT molecular complexity index is 1150. The number of anilines is 1. The smallest absolute Gasteiger partial charge is 0.352 e. The van der Waals surface area contributed by atoms with E-state index in [1.165, 1.54) is 4.90 Å². The maximum absolute atomic E-state index is 12.8. The number of halogens is 4. The Kier molecular flexibility index (Phi) is 6.53. The summed E-state index contributed by atoms with van der Waals surface area (Å²) < 4.78 is 38.4. The molecule has 1 fully saturated rings. The quantitative estimate of drug-likeness (QED) is 0.591. The van der Waals surface area contributed by atoms with Crippen LogP contribution in [0.25, 0.3) is 0 Å². The van der Waals surface area contributed by atoms with Crippen LogP contribution < -0.4 is 4.90 Å². The van der Waals surface area contributed by atoms with Gasteiger partial charge in [0.2, 0.25) is 5.91 Å². The average molecular weight is 495 g/mol. The van der Waals surface area contributed by atoms with Crippen LogP contribution in [0.2, 0.25) is 5.02 Å². The van der Waals surface area contributed by atoms with Gasteiger partial charge in [-0.15, -0.1) is 0 Å². The molecular weight excluding hydrogens is 473 g/mol. The fourth-order valence-electron chi connectivity index (χ4n) is 4.14. The molecule has 7 nitrogen and oxygen atoms in total. The van der Waals surface area contributed by atoms with Crippen LogP contribution in [0.15, 0.2) is 30.5 Å². The van der Waals surface area contributed by atoms with Crippen molar-refractivity contribution >= 4 is 35.1 Å². The van der Waals surface area contributed by atoms with Gasteiger partial charge in [0.05, 0.1) is 21.7 Å². The fourth-order valence-corrected chi connectivity index (χ4v) is 4.43. The molecule has 1 saturated heterocycles. The topological polar surface area (TPSA) is 73.8 Å². The van der Waals surface area contributed by atoms with Gasteiger partial charge in [0.15, 0.2) is 0 Å². The third kappa shape index (κ3) is 4.72. The van der Waals surface area contributed by atoms with Crippen LogP contribution in [0.1, 0.15) is 44.7 Å². The Labute approximate surface area is 199 Å². The molecule has 11 heteroatoms. The van der Waals surface area contributed by atoms with E-state index in [1.807, 2.05) is 6.92 Å². The van der Waals surface area contributed by atoms with Gasteiger partial charge in [-0.25, -0.2) is 4.98 Å². The molecule has 1 aromatic heterocycles. The molecule has 1 aromatic carbocycles. The summed E-state index contributed by atoms with van der Waals surface area (Å²) in [4.78, 5) is 46.1. The van der Waals surface area contributed by atoms with Gasteiger partial charge in [-0.1, -0.05) is 23.2 Å². The van der Waals surface area contributed by atoms with Crippen LogP contribution in [0, 0.1) is 6.92 Å². The summed E-state index contributed by atoms with van der Waals surface area (Å²) in [7, 11) is 0. The number of aromatic nitrogens is 1. The van der Waals surface area contributed by atoms with Crippen LogP contribution in [-0.2, 0) is 11.0 Å². The second-order valence-corrected chi connectivity index (χ2v) is 8.72. The minimum Gasteiger partial charge on any atom is -0.352 e. The lowest BCUT2D eigenvalue weighted by Crippen LogP contribution is -2.49. The summed E-state index contributed by atoms with van der Waals surface area (Å²) in [5, 5.41) is -0.0919. The van der Waals surface area contributed by atoms with Gasteiger partial charge in [-0.05, 0) is 31.5 Å². The Morgan fingerprint density at radius 2 is 1.74 bits per heavy atom. The van der Waals surface area contributed by atoms with Crippen molar-refractivity contribution in [2.45, 2.75) is 25.9 Å². The van der Waals surface area contributed by atoms with E-state index in [0.717, 1.165) is 17.8 Å². The van der Waals surface area contributed by atoms with Crippen LogP contribution in [0.5, 0.6) is 0 Å². The van der Waals surface area contributed by atoms with Gasteiger partial charge in [-0.3, -0.25) is 19.3 Å². The predicted octanol–water partition coefficient (Wildman–Crippen LogP) is 3.79. The third-order valence-electron chi connectivity index (χ3n) is 5.98. The maximum atomic E-state index is 12.8. The number of piperazine rings is 1. The second-order valence-electron chi connectivity index (χ2n) is 8.31. The largest absolute Gasteiger partial charge is 0.417 e. The summed E-state index contributed by atoms with van der Waals surface area (Å²) in [6, 6.07) is 5.97. The molecular formula is C23H22ClF3N4O3. The number of fused-ring (bicyclic) bond motifs is 1. The number of amides is 3. The molecule has 34 heavy (non-hydrogen) atoms. The Balaban J connectivity index is 1.27. The first-order valence-electron chi connectivity index (χ1n) is 10.8. The number of imide groups is 1. The standard InChI is InChI=1S/C23H22ClF3N4O3/c1-14-4-5-16-17(11-14)22(34)31(21(16)33)6-2-3-19(32)29-7-9-30(10-8-29)20-18(24)12-15(13-28-20)23(25,26)27/h4-5,11-13H,2-3,6-10H2,1H3. The van der Waals surface area contributed by atoms with Crippen LogP contribution in [-0.4, -0.2) is 65.2 Å². The van der Waals surface area contributed by atoms with Crippen molar-refractivity contribution in [2.75, 3.05) is 37.6 Å². The number of pyridine rings is 1. The molecule has 0 spiro atoms. The number of carbonyl (C=O) groups excluding carboxylic acids is 3. The van der Waals surface area contributed by atoms with Crippen molar-refractivity contribution in [1.29, 1.82) is 0 Å². The molecule has 4 rings (SSSR count). The zero-order valence-corrected chi connectivity index (χ0v) is 19.1. The van der Waals surface area contributed by atoms with Gasteiger partial charge in [0, 0.05) is 45.3 Å². The first-order valence-corrected chi connectivity index (χ1v) is 11.2. The number of hydrogen-bond donors (Lipinski definition) is 0. The van der Waals surface area contributed by atoms with Crippen molar-refractivity contribution < 1.29 is 27.6 Å². The van der Waals surface area contributed by atoms with E-state index in [1.54, 1.807) is 28.0 Å². The van der Waals surface area contributed by atoms with Crippen molar-refractivity contribution in [3.8, 4) is 0 Å². The molecule has 3 heterocycles. The predicted molar refractivity (Wildman–Crippen MR) is 119 cm³/mol. The Morgan fingerprint density at radius 3 is 2.38 bits per heavy atom. The lowest BCUT2D eigenvalue weighted by atomic mass is 10.1. The summed E-state index contributed by atoms with van der Waals surface area (Å²) in [5.41, 5.74) is 0.753. The molecule has 2 aliphatic rings. The van der Waals surface area contributed by atoms with Crippen LogP contribution in [0.3, 0.4) is 0 Å². The highest BCUT2D eigenvalue weighted by Crippen LogP contribution is 2.33. The average Bonchev–Trinajstić information content (AvgIpc) is 3.02. The van der Waals surface area contributed by atoms with E-state index in [0.29, 0.717) is 43.7 Å². The first kappa shape index (κ1) is 24.0. The maximum Gasteiger partial charge on any atom is 0.417 e. The van der Waals surface area contributed by atoms with Gasteiger partial charge in [-0.2, -0.15) is 13.2 Å². The van der Waals surface area contributed by atoms with Gasteiger partial charge in [0.1, 0.15) is 5.82 Å². The highest BCUT2D eigenvalue weighted by Gasteiger charge is 2.35. The molecule has 0 unspecified atom stereocenters. The summed E-state index contributed by atoms with van der Waals surface area (Å²) in [6.07, 6.45) is -3.26. The molecule has 0 aliphatic carbocycles. The first-order chi connectivity index (χ1) is 16.1. The highest BCUT2D eigenvalue weighted by molar-refractivity contribution is 6.33. The minimum atomic E-state index is -4.52. The molecule has 2 aromatic rings.